The van der Waals surface area contributed by atoms with Crippen molar-refractivity contribution in [2.24, 2.45) is 5.73 Å². The smallest absolute Gasteiger partial charge is 0.422 e. The van der Waals surface area contributed by atoms with E-state index in [0.29, 0.717) is 0 Å². The van der Waals surface area contributed by atoms with E-state index in [4.69, 9.17) is 10.8 Å². The summed E-state index contributed by atoms with van der Waals surface area (Å²) in [6.45, 7) is 0. The molecule has 1 atom stereocenters. The second-order valence-electron chi connectivity index (χ2n) is 3.36. The van der Waals surface area contributed by atoms with E-state index in [1.165, 1.54) is 0 Å². The zero-order valence-corrected chi connectivity index (χ0v) is 8.66. The number of carbonyl (C=O) groups is 1. The quantitative estimate of drug-likeness (QED) is 0.649. The molecule has 0 bridgehead atoms. The molecular weight excluding hydrogens is 287 g/mol. The molecule has 3 nitrogen and oxygen atoms in total. The molecule has 1 aromatic rings. The molecular formula is C9H4F7NO2. The lowest BCUT2D eigenvalue weighted by Gasteiger charge is -2.15. The first-order valence-corrected chi connectivity index (χ1v) is 4.41. The minimum Gasteiger partial charge on any atom is -0.480 e. The van der Waals surface area contributed by atoms with Crippen LogP contribution in [0.3, 0.4) is 0 Å². The van der Waals surface area contributed by atoms with Crippen LogP contribution in [0.5, 0.6) is 0 Å². The van der Waals surface area contributed by atoms with Gasteiger partial charge in [0.2, 0.25) is 0 Å². The van der Waals surface area contributed by atoms with Gasteiger partial charge in [-0.3, -0.25) is 4.79 Å². The summed E-state index contributed by atoms with van der Waals surface area (Å²) in [5.74, 6) is -12.6. The average molecular weight is 291 g/mol. The van der Waals surface area contributed by atoms with Crippen molar-refractivity contribution in [3.63, 3.8) is 0 Å². The number of alkyl halides is 3. The standard InChI is InChI=1S/C9H4F7NO2/c10-3-1(7(17)8(18)19)4(11)6(13)2(5(3)12)9(14,15)16/h7H,17H2,(H,18,19)/t7-/m0/s1. The predicted octanol–water partition coefficient (Wildman–Crippen LogP) is 2.35. The molecule has 3 N–H and O–H groups in total. The van der Waals surface area contributed by atoms with Crippen molar-refractivity contribution in [1.82, 2.24) is 0 Å². The summed E-state index contributed by atoms with van der Waals surface area (Å²) < 4.78 is 89.2. The van der Waals surface area contributed by atoms with Gasteiger partial charge in [0.25, 0.3) is 0 Å². The number of carboxylic acid groups (broad SMARTS) is 1. The number of rotatable bonds is 2. The Morgan fingerprint density at radius 2 is 1.37 bits per heavy atom. The van der Waals surface area contributed by atoms with Gasteiger partial charge >= 0.3 is 12.1 Å². The van der Waals surface area contributed by atoms with Gasteiger partial charge in [0.05, 0.1) is 5.56 Å². The first-order chi connectivity index (χ1) is 8.50. The molecule has 1 rings (SSSR count). The van der Waals surface area contributed by atoms with Crippen molar-refractivity contribution in [1.29, 1.82) is 0 Å². The van der Waals surface area contributed by atoms with E-state index < -0.39 is 52.6 Å². The van der Waals surface area contributed by atoms with Gasteiger partial charge in [-0.05, 0) is 0 Å². The number of benzene rings is 1. The van der Waals surface area contributed by atoms with Crippen LogP contribution in [0.2, 0.25) is 0 Å². The number of aliphatic carboxylic acids is 1. The molecule has 0 saturated carbocycles. The lowest BCUT2D eigenvalue weighted by molar-refractivity contribution is -0.143. The maximum Gasteiger partial charge on any atom is 0.422 e. The SMILES string of the molecule is N[C@H](C(=O)O)c1c(F)c(F)c(C(F)(F)F)c(F)c1F. The van der Waals surface area contributed by atoms with Crippen molar-refractivity contribution in [3.8, 4) is 0 Å². The summed E-state index contributed by atoms with van der Waals surface area (Å²) >= 11 is 0. The highest BCUT2D eigenvalue weighted by molar-refractivity contribution is 5.75. The highest BCUT2D eigenvalue weighted by Gasteiger charge is 2.43. The van der Waals surface area contributed by atoms with Crippen LogP contribution in [0, 0.1) is 23.3 Å². The second kappa shape index (κ2) is 4.68. The van der Waals surface area contributed by atoms with E-state index >= 15 is 0 Å². The van der Waals surface area contributed by atoms with Crippen LogP contribution in [0.25, 0.3) is 0 Å². The molecule has 0 heterocycles. The van der Waals surface area contributed by atoms with Crippen molar-refractivity contribution in [3.05, 3.63) is 34.4 Å². The van der Waals surface area contributed by atoms with Crippen molar-refractivity contribution < 1.29 is 40.6 Å². The molecule has 0 unspecified atom stereocenters. The molecule has 0 spiro atoms. The normalized spacial score (nSPS) is 13.5. The lowest BCUT2D eigenvalue weighted by Crippen LogP contribution is -2.26. The molecule has 0 radical (unpaired) electrons. The number of carboxylic acids is 1. The summed E-state index contributed by atoms with van der Waals surface area (Å²) in [7, 11) is 0. The van der Waals surface area contributed by atoms with Crippen LogP contribution in [0.1, 0.15) is 17.2 Å². The zero-order chi connectivity index (χ0) is 15.1. The summed E-state index contributed by atoms with van der Waals surface area (Å²) in [6, 6.07) is -2.55. The van der Waals surface area contributed by atoms with Crippen LogP contribution in [0.4, 0.5) is 30.7 Å². The third-order valence-electron chi connectivity index (χ3n) is 2.16. The first kappa shape index (κ1) is 15.2. The maximum absolute atomic E-state index is 13.2. The number of hydrogen-bond donors (Lipinski definition) is 2. The molecule has 10 heteroatoms. The van der Waals surface area contributed by atoms with E-state index in [1.54, 1.807) is 0 Å². The first-order valence-electron chi connectivity index (χ1n) is 4.41. The maximum atomic E-state index is 13.2. The Kier molecular flexibility index (Phi) is 3.75. The molecule has 106 valence electrons. The highest BCUT2D eigenvalue weighted by Crippen LogP contribution is 2.37. The monoisotopic (exact) mass is 291 g/mol. The second-order valence-corrected chi connectivity index (χ2v) is 3.36. The van der Waals surface area contributed by atoms with Gasteiger partial charge in [-0.15, -0.1) is 0 Å². The summed E-state index contributed by atoms with van der Waals surface area (Å²) in [5.41, 5.74) is 0.131. The number of nitrogens with two attached hydrogens (primary N) is 1. The molecule has 0 amide bonds. The summed E-state index contributed by atoms with van der Waals surface area (Å²) in [6.07, 6.45) is -5.69. The fourth-order valence-electron chi connectivity index (χ4n) is 1.29. The van der Waals surface area contributed by atoms with Crippen molar-refractivity contribution >= 4 is 5.97 Å². The average Bonchev–Trinajstić information content (AvgIpc) is 2.24. The topological polar surface area (TPSA) is 63.3 Å². The van der Waals surface area contributed by atoms with Gasteiger partial charge in [-0.1, -0.05) is 0 Å². The minimum absolute atomic E-state index is 1.82. The predicted molar refractivity (Wildman–Crippen MR) is 45.8 cm³/mol. The fourth-order valence-corrected chi connectivity index (χ4v) is 1.29. The largest absolute Gasteiger partial charge is 0.480 e. The Hall–Kier alpha value is -1.84. The van der Waals surface area contributed by atoms with Gasteiger partial charge in [-0.2, -0.15) is 13.2 Å². The molecule has 0 aliphatic rings. The Balaban J connectivity index is 3.71. The van der Waals surface area contributed by atoms with Gasteiger partial charge in [-0.25, -0.2) is 17.6 Å². The third-order valence-corrected chi connectivity index (χ3v) is 2.16. The lowest BCUT2D eigenvalue weighted by atomic mass is 10.0. The van der Waals surface area contributed by atoms with Crippen LogP contribution >= 0.6 is 0 Å². The molecule has 0 aliphatic carbocycles. The molecule has 0 fully saturated rings. The van der Waals surface area contributed by atoms with Gasteiger partial charge in [0, 0.05) is 0 Å². The van der Waals surface area contributed by atoms with E-state index in [9.17, 15) is 35.5 Å². The van der Waals surface area contributed by atoms with E-state index in [-0.39, 0.29) is 0 Å². The molecule has 19 heavy (non-hydrogen) atoms. The number of hydrogen-bond acceptors (Lipinski definition) is 2. The van der Waals surface area contributed by atoms with Crippen molar-refractivity contribution in [2.45, 2.75) is 12.2 Å². The molecule has 0 saturated heterocycles. The van der Waals surface area contributed by atoms with E-state index in [1.807, 2.05) is 0 Å². The fraction of sp³-hybridized carbons (Fsp3) is 0.222. The Morgan fingerprint density at radius 3 is 1.63 bits per heavy atom. The van der Waals surface area contributed by atoms with Crippen LogP contribution in [0.15, 0.2) is 0 Å². The van der Waals surface area contributed by atoms with Crippen LogP contribution in [-0.4, -0.2) is 11.1 Å². The van der Waals surface area contributed by atoms with Crippen molar-refractivity contribution in [2.75, 3.05) is 0 Å². The Morgan fingerprint density at radius 1 is 1.00 bits per heavy atom. The Bertz CT molecular complexity index is 511. The highest BCUT2D eigenvalue weighted by atomic mass is 19.4. The van der Waals surface area contributed by atoms with Gasteiger partial charge < -0.3 is 10.8 Å². The third kappa shape index (κ3) is 2.48. The summed E-state index contributed by atoms with van der Waals surface area (Å²) in [5, 5.41) is 8.37. The summed E-state index contributed by atoms with van der Waals surface area (Å²) in [4.78, 5) is 10.4. The Labute approximate surface area is 100.0 Å². The van der Waals surface area contributed by atoms with Gasteiger partial charge in [0.1, 0.15) is 11.6 Å². The van der Waals surface area contributed by atoms with Crippen LogP contribution < -0.4 is 5.73 Å². The zero-order valence-electron chi connectivity index (χ0n) is 8.66. The minimum atomic E-state index is -5.69. The molecule has 1 aromatic carbocycles. The number of halogens is 7. The van der Waals surface area contributed by atoms with Crippen LogP contribution in [-0.2, 0) is 11.0 Å². The molecule has 0 aromatic heterocycles. The van der Waals surface area contributed by atoms with E-state index in [0.717, 1.165) is 0 Å². The van der Waals surface area contributed by atoms with Gasteiger partial charge in [0.15, 0.2) is 23.3 Å². The van der Waals surface area contributed by atoms with E-state index in [2.05, 4.69) is 0 Å². The molecule has 0 aliphatic heterocycles.